The van der Waals surface area contributed by atoms with Crippen LogP contribution in [0.25, 0.3) is 0 Å². The van der Waals surface area contributed by atoms with Gasteiger partial charge < -0.3 is 15.7 Å². The van der Waals surface area contributed by atoms with Gasteiger partial charge in [0.1, 0.15) is 5.60 Å². The number of halogens is 1. The Balaban J connectivity index is 0.00000512. The number of rotatable bonds is 8. The quantitative estimate of drug-likeness (QED) is 0.220. The zero-order valence-electron chi connectivity index (χ0n) is 19.3. The van der Waals surface area contributed by atoms with Crippen molar-refractivity contribution in [1.82, 2.24) is 15.4 Å². The molecule has 9 heteroatoms. The lowest BCUT2D eigenvalue weighted by atomic mass is 9.96. The highest BCUT2D eigenvalue weighted by Crippen LogP contribution is 2.20. The molecule has 0 fully saturated rings. The lowest BCUT2D eigenvalue weighted by Crippen LogP contribution is -2.44. The van der Waals surface area contributed by atoms with E-state index in [9.17, 15) is 13.5 Å². The molecule has 0 aromatic heterocycles. The third-order valence-corrected chi connectivity index (χ3v) is 6.31. The minimum atomic E-state index is -3.68. The molecule has 32 heavy (non-hydrogen) atoms. The first-order valence-corrected chi connectivity index (χ1v) is 11.8. The second kappa shape index (κ2) is 12.0. The largest absolute Gasteiger partial charge is 0.384 e. The van der Waals surface area contributed by atoms with Gasteiger partial charge in [0.05, 0.1) is 18.0 Å². The number of sulfonamides is 1. The van der Waals surface area contributed by atoms with Crippen LogP contribution in [0.15, 0.2) is 64.5 Å². The molecule has 0 spiro atoms. The number of aliphatic hydroxyl groups is 1. The average molecular weight is 575 g/mol. The third kappa shape index (κ3) is 8.68. The molecule has 0 amide bonds. The molecule has 4 N–H and O–H groups in total. The highest BCUT2D eigenvalue weighted by atomic mass is 127. The minimum Gasteiger partial charge on any atom is -0.384 e. The van der Waals surface area contributed by atoms with Gasteiger partial charge in [0.2, 0.25) is 10.0 Å². The van der Waals surface area contributed by atoms with Gasteiger partial charge >= 0.3 is 0 Å². The van der Waals surface area contributed by atoms with Gasteiger partial charge in [0.15, 0.2) is 5.96 Å². The summed E-state index contributed by atoms with van der Waals surface area (Å²) in [5.41, 5.74) is -0.293. The molecule has 7 nitrogen and oxygen atoms in total. The molecule has 0 aliphatic rings. The van der Waals surface area contributed by atoms with Crippen LogP contribution >= 0.6 is 24.0 Å². The van der Waals surface area contributed by atoms with Gasteiger partial charge in [0.25, 0.3) is 0 Å². The van der Waals surface area contributed by atoms with Crippen LogP contribution in [0.5, 0.6) is 0 Å². The Morgan fingerprint density at radius 3 is 2.16 bits per heavy atom. The van der Waals surface area contributed by atoms with Crippen LogP contribution in [0, 0.1) is 0 Å². The molecule has 0 aliphatic heterocycles. The van der Waals surface area contributed by atoms with Gasteiger partial charge in [-0.3, -0.25) is 0 Å². The maximum Gasteiger partial charge on any atom is 0.241 e. The van der Waals surface area contributed by atoms with Crippen molar-refractivity contribution >= 4 is 40.0 Å². The Morgan fingerprint density at radius 1 is 0.969 bits per heavy atom. The predicted octanol–water partition coefficient (Wildman–Crippen LogP) is 3.34. The maximum atomic E-state index is 12.8. The summed E-state index contributed by atoms with van der Waals surface area (Å²) in [6.45, 7) is 10.1. The van der Waals surface area contributed by atoms with Crippen LogP contribution in [0.1, 0.15) is 45.7 Å². The minimum absolute atomic E-state index is 0. The van der Waals surface area contributed by atoms with E-state index in [2.05, 4.69) is 20.3 Å². The normalized spacial score (nSPS) is 14.2. The first-order chi connectivity index (χ1) is 14.4. The predicted molar refractivity (Wildman–Crippen MR) is 141 cm³/mol. The van der Waals surface area contributed by atoms with Crippen LogP contribution in [-0.4, -0.2) is 38.1 Å². The molecular formula is C23H35IN4O3S. The second-order valence-electron chi connectivity index (χ2n) is 8.65. The van der Waals surface area contributed by atoms with Gasteiger partial charge in [0, 0.05) is 12.1 Å². The molecule has 0 saturated heterocycles. The fraction of sp³-hybridized carbons (Fsp3) is 0.435. The number of aliphatic imine (C=N–C) groups is 1. The van der Waals surface area contributed by atoms with Gasteiger partial charge in [-0.05, 0) is 51.8 Å². The molecule has 0 aliphatic carbocycles. The smallest absolute Gasteiger partial charge is 0.241 e. The van der Waals surface area contributed by atoms with Gasteiger partial charge in [-0.1, -0.05) is 48.5 Å². The molecule has 1 atom stereocenters. The SMILES string of the molecule is CCNC(=NCc1ccccc1S(=O)(=O)NC(C)(C)C)NCC(C)(O)c1ccccc1.I. The molecule has 0 heterocycles. The van der Waals surface area contributed by atoms with E-state index >= 15 is 0 Å². The van der Waals surface area contributed by atoms with Crippen molar-refractivity contribution in [3.05, 3.63) is 65.7 Å². The topological polar surface area (TPSA) is 103 Å². The van der Waals surface area contributed by atoms with Crippen LogP contribution in [-0.2, 0) is 22.2 Å². The lowest BCUT2D eigenvalue weighted by Gasteiger charge is -2.25. The summed E-state index contributed by atoms with van der Waals surface area (Å²) >= 11 is 0. The Bertz CT molecular complexity index is 988. The molecule has 2 rings (SSSR count). The van der Waals surface area contributed by atoms with Crippen LogP contribution < -0.4 is 15.4 Å². The maximum absolute atomic E-state index is 12.8. The standard InChI is InChI=1S/C23H34N4O3S.HI/c1-6-24-21(26-17-23(5,28)19-13-8-7-9-14-19)25-16-18-12-10-11-15-20(18)31(29,30)27-22(2,3)4;/h7-15,27-28H,6,16-17H2,1-5H3,(H2,24,25,26);1H. The van der Waals surface area contributed by atoms with Crippen molar-refractivity contribution in [3.63, 3.8) is 0 Å². The molecule has 0 saturated carbocycles. The first kappa shape index (κ1) is 28.3. The van der Waals surface area contributed by atoms with E-state index in [1.807, 2.05) is 37.3 Å². The Labute approximate surface area is 209 Å². The van der Waals surface area contributed by atoms with Gasteiger partial charge in [-0.25, -0.2) is 18.1 Å². The Hall–Kier alpha value is -1.69. The van der Waals surface area contributed by atoms with E-state index in [1.165, 1.54) is 0 Å². The van der Waals surface area contributed by atoms with E-state index in [1.54, 1.807) is 52.0 Å². The summed E-state index contributed by atoms with van der Waals surface area (Å²) in [5.74, 6) is 0.495. The lowest BCUT2D eigenvalue weighted by molar-refractivity contribution is 0.0617. The monoisotopic (exact) mass is 574 g/mol. The molecule has 2 aromatic carbocycles. The number of guanidine groups is 1. The number of nitrogens with zero attached hydrogens (tertiary/aromatic N) is 1. The zero-order chi connectivity index (χ0) is 23.1. The number of hydrogen-bond acceptors (Lipinski definition) is 4. The molecule has 1 unspecified atom stereocenters. The highest BCUT2D eigenvalue weighted by molar-refractivity contribution is 14.0. The van der Waals surface area contributed by atoms with Crippen LogP contribution in [0.3, 0.4) is 0 Å². The molecule has 0 radical (unpaired) electrons. The van der Waals surface area contributed by atoms with E-state index in [4.69, 9.17) is 0 Å². The summed E-state index contributed by atoms with van der Waals surface area (Å²) in [7, 11) is -3.68. The third-order valence-electron chi connectivity index (χ3n) is 4.45. The summed E-state index contributed by atoms with van der Waals surface area (Å²) in [4.78, 5) is 4.75. The summed E-state index contributed by atoms with van der Waals surface area (Å²) in [6, 6.07) is 16.2. The van der Waals surface area contributed by atoms with Gasteiger partial charge in [-0.2, -0.15) is 0 Å². The van der Waals surface area contributed by atoms with Crippen molar-refractivity contribution < 1.29 is 13.5 Å². The van der Waals surface area contributed by atoms with Crippen molar-refractivity contribution in [1.29, 1.82) is 0 Å². The fourth-order valence-electron chi connectivity index (χ4n) is 3.02. The Morgan fingerprint density at radius 2 is 1.56 bits per heavy atom. The number of nitrogens with one attached hydrogen (secondary N) is 3. The van der Waals surface area contributed by atoms with Crippen molar-refractivity contribution in [3.8, 4) is 0 Å². The summed E-state index contributed by atoms with van der Waals surface area (Å²) < 4.78 is 28.3. The average Bonchev–Trinajstić information content (AvgIpc) is 2.69. The van der Waals surface area contributed by atoms with Crippen molar-refractivity contribution in [2.45, 2.75) is 57.2 Å². The summed E-state index contributed by atoms with van der Waals surface area (Å²) in [5, 5.41) is 17.1. The van der Waals surface area contributed by atoms with Crippen molar-refractivity contribution in [2.24, 2.45) is 4.99 Å². The molecule has 2 aromatic rings. The zero-order valence-corrected chi connectivity index (χ0v) is 22.5. The second-order valence-corrected chi connectivity index (χ2v) is 10.3. The van der Waals surface area contributed by atoms with E-state index in [0.717, 1.165) is 5.56 Å². The van der Waals surface area contributed by atoms with Crippen LogP contribution in [0.4, 0.5) is 0 Å². The first-order valence-electron chi connectivity index (χ1n) is 10.4. The summed E-state index contributed by atoms with van der Waals surface area (Å²) in [6.07, 6.45) is 0. The van der Waals surface area contributed by atoms with E-state index in [0.29, 0.717) is 18.1 Å². The van der Waals surface area contributed by atoms with Gasteiger partial charge in [-0.15, -0.1) is 24.0 Å². The highest BCUT2D eigenvalue weighted by Gasteiger charge is 2.25. The van der Waals surface area contributed by atoms with E-state index in [-0.39, 0.29) is 42.0 Å². The molecular weight excluding hydrogens is 539 g/mol. The fourth-order valence-corrected chi connectivity index (χ4v) is 4.67. The van der Waals surface area contributed by atoms with Crippen molar-refractivity contribution in [2.75, 3.05) is 13.1 Å². The number of hydrogen-bond donors (Lipinski definition) is 4. The molecule has 178 valence electrons. The van der Waals surface area contributed by atoms with Crippen LogP contribution in [0.2, 0.25) is 0 Å². The Kier molecular flexibility index (Phi) is 10.6. The molecule has 0 bridgehead atoms. The van der Waals surface area contributed by atoms with E-state index < -0.39 is 21.2 Å². The number of benzene rings is 2.